The van der Waals surface area contributed by atoms with Crippen molar-refractivity contribution in [2.45, 2.75) is 6.54 Å². The van der Waals surface area contributed by atoms with E-state index in [-0.39, 0.29) is 5.91 Å². The van der Waals surface area contributed by atoms with Gasteiger partial charge in [-0.1, -0.05) is 15.9 Å². The maximum atomic E-state index is 11.7. The minimum atomic E-state index is -0.0829. The molecule has 0 saturated heterocycles. The van der Waals surface area contributed by atoms with Crippen LogP contribution in [0.4, 0.5) is 0 Å². The predicted molar refractivity (Wildman–Crippen MR) is 67.4 cm³/mol. The summed E-state index contributed by atoms with van der Waals surface area (Å²) in [5, 5.41) is 4.73. The second-order valence-electron chi connectivity index (χ2n) is 3.17. The molecule has 1 heterocycles. The van der Waals surface area contributed by atoms with Crippen LogP contribution in [0, 0.1) is 0 Å². The van der Waals surface area contributed by atoms with Crippen LogP contribution in [-0.4, -0.2) is 10.9 Å². The van der Waals surface area contributed by atoms with Gasteiger partial charge in [-0.25, -0.2) is 4.98 Å². The monoisotopic (exact) mass is 296 g/mol. The van der Waals surface area contributed by atoms with E-state index >= 15 is 0 Å². The minimum Gasteiger partial charge on any atom is -0.346 e. The second kappa shape index (κ2) is 5.23. The number of rotatable bonds is 3. The molecule has 5 heteroatoms. The topological polar surface area (TPSA) is 42.0 Å². The largest absolute Gasteiger partial charge is 0.346 e. The van der Waals surface area contributed by atoms with Crippen LogP contribution in [0.15, 0.2) is 39.6 Å². The van der Waals surface area contributed by atoms with Crippen LogP contribution in [-0.2, 0) is 6.54 Å². The summed E-state index contributed by atoms with van der Waals surface area (Å²) in [6.07, 6.45) is 0. The Kier molecular flexibility index (Phi) is 3.69. The van der Waals surface area contributed by atoms with Crippen LogP contribution >= 0.6 is 27.3 Å². The van der Waals surface area contributed by atoms with Crippen molar-refractivity contribution in [2.24, 2.45) is 0 Å². The summed E-state index contributed by atoms with van der Waals surface area (Å²) < 4.78 is 0.962. The van der Waals surface area contributed by atoms with Gasteiger partial charge in [0, 0.05) is 15.4 Å². The molecule has 0 aliphatic carbocycles. The first-order valence-electron chi connectivity index (χ1n) is 4.66. The van der Waals surface area contributed by atoms with Gasteiger partial charge in [-0.2, -0.15) is 0 Å². The number of amides is 1. The number of nitrogens with one attached hydrogen (secondary N) is 1. The van der Waals surface area contributed by atoms with Crippen LogP contribution in [0.25, 0.3) is 0 Å². The zero-order valence-corrected chi connectivity index (χ0v) is 10.7. The number of carbonyl (C=O) groups excluding carboxylic acids is 1. The number of thiazole rings is 1. The molecule has 3 nitrogen and oxygen atoms in total. The molecule has 0 bridgehead atoms. The van der Waals surface area contributed by atoms with Crippen molar-refractivity contribution in [3.8, 4) is 0 Å². The first-order valence-corrected chi connectivity index (χ1v) is 6.40. The zero-order chi connectivity index (χ0) is 11.4. The molecule has 0 spiro atoms. The molecule has 2 aromatic rings. The second-order valence-corrected chi connectivity index (χ2v) is 4.80. The van der Waals surface area contributed by atoms with E-state index in [1.165, 1.54) is 11.3 Å². The van der Waals surface area contributed by atoms with Crippen molar-refractivity contribution >= 4 is 33.2 Å². The molecule has 0 atom stereocenters. The molecule has 0 unspecified atom stereocenters. The van der Waals surface area contributed by atoms with Gasteiger partial charge in [-0.3, -0.25) is 4.79 Å². The maximum absolute atomic E-state index is 11.7. The fourth-order valence-electron chi connectivity index (χ4n) is 1.20. The lowest BCUT2D eigenvalue weighted by molar-refractivity contribution is 0.0950. The van der Waals surface area contributed by atoms with E-state index in [0.717, 1.165) is 10.2 Å². The number of aromatic nitrogens is 1. The van der Waals surface area contributed by atoms with Gasteiger partial charge in [0.05, 0.1) is 17.7 Å². The highest BCUT2D eigenvalue weighted by molar-refractivity contribution is 9.10. The van der Waals surface area contributed by atoms with Crippen molar-refractivity contribution in [2.75, 3.05) is 0 Å². The number of carbonyl (C=O) groups is 1. The smallest absolute Gasteiger partial charge is 0.251 e. The van der Waals surface area contributed by atoms with Crippen LogP contribution in [0.2, 0.25) is 0 Å². The number of hydrogen-bond acceptors (Lipinski definition) is 3. The van der Waals surface area contributed by atoms with Gasteiger partial charge in [0.15, 0.2) is 0 Å². The fourth-order valence-corrected chi connectivity index (χ4v) is 2.02. The zero-order valence-electron chi connectivity index (χ0n) is 8.31. The van der Waals surface area contributed by atoms with Crippen molar-refractivity contribution in [3.63, 3.8) is 0 Å². The number of benzene rings is 1. The average Bonchev–Trinajstić information content (AvgIpc) is 2.80. The normalized spacial score (nSPS) is 10.1. The fraction of sp³-hybridized carbons (Fsp3) is 0.0909. The Hall–Kier alpha value is -1.20. The van der Waals surface area contributed by atoms with Crippen molar-refractivity contribution in [1.82, 2.24) is 10.3 Å². The molecule has 0 aliphatic heterocycles. The Morgan fingerprint density at radius 1 is 1.38 bits per heavy atom. The van der Waals surface area contributed by atoms with Crippen molar-refractivity contribution in [3.05, 3.63) is 50.9 Å². The molecule has 1 aromatic carbocycles. The molecule has 82 valence electrons. The Morgan fingerprint density at radius 2 is 2.12 bits per heavy atom. The van der Waals surface area contributed by atoms with E-state index in [9.17, 15) is 4.79 Å². The molecule has 0 saturated carbocycles. The standard InChI is InChI=1S/C11H9BrN2OS/c12-9-3-1-8(2-4-9)11(15)13-5-10-6-16-7-14-10/h1-4,6-7H,5H2,(H,13,15). The third-order valence-corrected chi connectivity index (χ3v) is 3.18. The molecule has 0 fully saturated rings. The molecule has 1 amide bonds. The Labute approximate surface area is 106 Å². The maximum Gasteiger partial charge on any atom is 0.251 e. The van der Waals surface area contributed by atoms with Gasteiger partial charge in [0.1, 0.15) is 0 Å². The highest BCUT2D eigenvalue weighted by Gasteiger charge is 2.04. The third kappa shape index (κ3) is 2.90. The van der Waals surface area contributed by atoms with Gasteiger partial charge in [-0.15, -0.1) is 11.3 Å². The molecule has 2 rings (SSSR count). The summed E-state index contributed by atoms with van der Waals surface area (Å²) >= 11 is 4.85. The van der Waals surface area contributed by atoms with Crippen LogP contribution in [0.1, 0.15) is 16.1 Å². The summed E-state index contributed by atoms with van der Waals surface area (Å²) in [6.45, 7) is 0.471. The summed E-state index contributed by atoms with van der Waals surface area (Å²) in [5.74, 6) is -0.0829. The van der Waals surface area contributed by atoms with E-state index in [1.807, 2.05) is 17.5 Å². The summed E-state index contributed by atoms with van der Waals surface area (Å²) in [7, 11) is 0. The van der Waals surface area contributed by atoms with Crippen LogP contribution in [0.3, 0.4) is 0 Å². The Balaban J connectivity index is 1.95. The molecule has 1 aromatic heterocycles. The number of hydrogen-bond donors (Lipinski definition) is 1. The van der Waals surface area contributed by atoms with Crippen molar-refractivity contribution < 1.29 is 4.79 Å². The number of halogens is 1. The van der Waals surface area contributed by atoms with E-state index in [0.29, 0.717) is 12.1 Å². The Morgan fingerprint density at radius 3 is 2.75 bits per heavy atom. The first-order chi connectivity index (χ1) is 7.75. The predicted octanol–water partition coefficient (Wildman–Crippen LogP) is 2.84. The molecule has 16 heavy (non-hydrogen) atoms. The summed E-state index contributed by atoms with van der Waals surface area (Å²) in [4.78, 5) is 15.8. The minimum absolute atomic E-state index is 0.0829. The lowest BCUT2D eigenvalue weighted by Gasteiger charge is -2.03. The molecule has 0 radical (unpaired) electrons. The molecule has 1 N–H and O–H groups in total. The van der Waals surface area contributed by atoms with E-state index in [2.05, 4.69) is 26.2 Å². The molecular weight excluding hydrogens is 288 g/mol. The molecule has 0 aliphatic rings. The van der Waals surface area contributed by atoms with Crippen molar-refractivity contribution in [1.29, 1.82) is 0 Å². The van der Waals surface area contributed by atoms with Gasteiger partial charge in [0.2, 0.25) is 0 Å². The van der Waals surface area contributed by atoms with Crippen LogP contribution < -0.4 is 5.32 Å². The average molecular weight is 297 g/mol. The van der Waals surface area contributed by atoms with E-state index < -0.39 is 0 Å². The van der Waals surface area contributed by atoms with Gasteiger partial charge >= 0.3 is 0 Å². The number of nitrogens with zero attached hydrogens (tertiary/aromatic N) is 1. The van der Waals surface area contributed by atoms with Crippen LogP contribution in [0.5, 0.6) is 0 Å². The summed E-state index contributed by atoms with van der Waals surface area (Å²) in [5.41, 5.74) is 3.29. The third-order valence-electron chi connectivity index (χ3n) is 2.02. The quantitative estimate of drug-likeness (QED) is 0.946. The van der Waals surface area contributed by atoms with E-state index in [4.69, 9.17) is 0 Å². The lowest BCUT2D eigenvalue weighted by atomic mass is 10.2. The lowest BCUT2D eigenvalue weighted by Crippen LogP contribution is -2.22. The van der Waals surface area contributed by atoms with Gasteiger partial charge in [-0.05, 0) is 24.3 Å². The summed E-state index contributed by atoms with van der Waals surface area (Å²) in [6, 6.07) is 7.25. The molecular formula is C11H9BrN2OS. The highest BCUT2D eigenvalue weighted by Crippen LogP contribution is 2.10. The van der Waals surface area contributed by atoms with Gasteiger partial charge < -0.3 is 5.32 Å². The highest BCUT2D eigenvalue weighted by atomic mass is 79.9. The van der Waals surface area contributed by atoms with E-state index in [1.54, 1.807) is 17.6 Å². The Bertz CT molecular complexity index is 467. The van der Waals surface area contributed by atoms with Gasteiger partial charge in [0.25, 0.3) is 5.91 Å². The SMILES string of the molecule is O=C(NCc1cscn1)c1ccc(Br)cc1. The first kappa shape index (κ1) is 11.3.